The van der Waals surface area contributed by atoms with E-state index in [0.717, 1.165) is 0 Å². The van der Waals surface area contributed by atoms with Crippen LogP contribution in [0.4, 0.5) is 18.9 Å². The van der Waals surface area contributed by atoms with Gasteiger partial charge in [0.15, 0.2) is 0 Å². The lowest BCUT2D eigenvalue weighted by Gasteiger charge is -2.08. The summed E-state index contributed by atoms with van der Waals surface area (Å²) < 4.78 is 40.3. The van der Waals surface area contributed by atoms with Crippen molar-refractivity contribution in [3.05, 3.63) is 18.3 Å². The number of anilines is 1. The molecule has 2 N–H and O–H groups in total. The number of nitrogen functional groups attached to an aromatic ring is 1. The highest BCUT2D eigenvalue weighted by atomic mass is 19.4. The minimum Gasteiger partial charge on any atom is -0.476 e. The summed E-state index contributed by atoms with van der Waals surface area (Å²) in [6.45, 7) is -0.0409. The molecule has 1 rings (SSSR count). The lowest BCUT2D eigenvalue weighted by Crippen LogP contribution is -2.10. The van der Waals surface area contributed by atoms with Crippen LogP contribution in [0.3, 0.4) is 0 Å². The maximum atomic E-state index is 11.8. The van der Waals surface area contributed by atoms with Crippen molar-refractivity contribution in [2.45, 2.75) is 19.0 Å². The van der Waals surface area contributed by atoms with Gasteiger partial charge in [0.05, 0.1) is 12.3 Å². The first-order valence-corrected chi connectivity index (χ1v) is 4.39. The Morgan fingerprint density at radius 3 is 2.73 bits per heavy atom. The van der Waals surface area contributed by atoms with Crippen molar-refractivity contribution >= 4 is 5.69 Å². The van der Waals surface area contributed by atoms with E-state index in [9.17, 15) is 13.2 Å². The van der Waals surface area contributed by atoms with Gasteiger partial charge >= 0.3 is 6.18 Å². The van der Waals surface area contributed by atoms with Crippen LogP contribution in [0.25, 0.3) is 0 Å². The Balaban J connectivity index is 2.30. The van der Waals surface area contributed by atoms with Crippen LogP contribution in [-0.4, -0.2) is 17.8 Å². The Morgan fingerprint density at radius 2 is 2.13 bits per heavy atom. The number of ether oxygens (including phenoxy) is 1. The predicted octanol–water partition coefficient (Wildman–Crippen LogP) is 2.39. The second-order valence-electron chi connectivity index (χ2n) is 2.96. The van der Waals surface area contributed by atoms with E-state index in [1.807, 2.05) is 0 Å². The molecule has 0 aromatic carbocycles. The normalized spacial score (nSPS) is 11.4. The summed E-state index contributed by atoms with van der Waals surface area (Å²) in [5.41, 5.74) is 5.80. The van der Waals surface area contributed by atoms with Crippen LogP contribution in [0.2, 0.25) is 0 Å². The van der Waals surface area contributed by atoms with Crippen LogP contribution in [0.5, 0.6) is 5.88 Å². The SMILES string of the molecule is Nc1cccnc1OCCCC(F)(F)F. The maximum Gasteiger partial charge on any atom is 0.389 e. The smallest absolute Gasteiger partial charge is 0.389 e. The van der Waals surface area contributed by atoms with Gasteiger partial charge in [-0.1, -0.05) is 0 Å². The third-order valence-electron chi connectivity index (χ3n) is 1.64. The van der Waals surface area contributed by atoms with Gasteiger partial charge in [-0.2, -0.15) is 13.2 Å². The van der Waals surface area contributed by atoms with Crippen molar-refractivity contribution in [2.24, 2.45) is 0 Å². The van der Waals surface area contributed by atoms with E-state index in [0.29, 0.717) is 5.69 Å². The Hall–Kier alpha value is -1.46. The molecular formula is C9H11F3N2O. The minimum absolute atomic E-state index is 0.0409. The van der Waals surface area contributed by atoms with Crippen molar-refractivity contribution in [3.8, 4) is 5.88 Å². The molecule has 0 radical (unpaired) electrons. The number of hydrogen-bond donors (Lipinski definition) is 1. The Labute approximate surface area is 85.1 Å². The predicted molar refractivity (Wildman–Crippen MR) is 49.4 cm³/mol. The van der Waals surface area contributed by atoms with E-state index in [-0.39, 0.29) is 18.9 Å². The first-order chi connectivity index (χ1) is 6.99. The summed E-state index contributed by atoms with van der Waals surface area (Å²) in [7, 11) is 0. The quantitative estimate of drug-likeness (QED) is 0.792. The molecule has 6 heteroatoms. The van der Waals surface area contributed by atoms with E-state index < -0.39 is 12.6 Å². The lowest BCUT2D eigenvalue weighted by atomic mass is 10.3. The molecular weight excluding hydrogens is 209 g/mol. The molecule has 0 bridgehead atoms. The fraction of sp³-hybridized carbons (Fsp3) is 0.444. The van der Waals surface area contributed by atoms with Crippen LogP contribution < -0.4 is 10.5 Å². The van der Waals surface area contributed by atoms with Crippen molar-refractivity contribution < 1.29 is 17.9 Å². The lowest BCUT2D eigenvalue weighted by molar-refractivity contribution is -0.136. The highest BCUT2D eigenvalue weighted by molar-refractivity contribution is 5.46. The Morgan fingerprint density at radius 1 is 1.40 bits per heavy atom. The first-order valence-electron chi connectivity index (χ1n) is 4.39. The molecule has 0 saturated carbocycles. The largest absolute Gasteiger partial charge is 0.476 e. The van der Waals surface area contributed by atoms with E-state index in [4.69, 9.17) is 10.5 Å². The fourth-order valence-electron chi connectivity index (χ4n) is 0.965. The zero-order valence-corrected chi connectivity index (χ0v) is 7.92. The topological polar surface area (TPSA) is 48.1 Å². The number of rotatable bonds is 4. The molecule has 0 fully saturated rings. The number of hydrogen-bond acceptors (Lipinski definition) is 3. The van der Waals surface area contributed by atoms with Gasteiger partial charge < -0.3 is 10.5 Å². The molecule has 84 valence electrons. The van der Waals surface area contributed by atoms with Crippen molar-refractivity contribution in [2.75, 3.05) is 12.3 Å². The average molecular weight is 220 g/mol. The molecule has 0 amide bonds. The van der Waals surface area contributed by atoms with E-state index in [2.05, 4.69) is 4.98 Å². The summed E-state index contributed by atoms with van der Waals surface area (Å²) in [6.07, 6.45) is -3.63. The second kappa shape index (κ2) is 4.86. The molecule has 0 unspecified atom stereocenters. The fourth-order valence-corrected chi connectivity index (χ4v) is 0.965. The Bertz CT molecular complexity index is 314. The monoisotopic (exact) mass is 220 g/mol. The number of nitrogens with two attached hydrogens (primary N) is 1. The van der Waals surface area contributed by atoms with Crippen molar-refractivity contribution in [3.63, 3.8) is 0 Å². The second-order valence-corrected chi connectivity index (χ2v) is 2.96. The van der Waals surface area contributed by atoms with Crippen LogP contribution in [0.15, 0.2) is 18.3 Å². The maximum absolute atomic E-state index is 11.8. The van der Waals surface area contributed by atoms with Crippen LogP contribution >= 0.6 is 0 Å². The van der Waals surface area contributed by atoms with E-state index in [1.165, 1.54) is 6.20 Å². The molecule has 15 heavy (non-hydrogen) atoms. The zero-order valence-electron chi connectivity index (χ0n) is 7.92. The Kier molecular flexibility index (Phi) is 3.76. The van der Waals surface area contributed by atoms with Crippen molar-refractivity contribution in [1.82, 2.24) is 4.98 Å². The number of alkyl halides is 3. The summed E-state index contributed by atoms with van der Waals surface area (Å²) in [5.74, 6) is 0.180. The summed E-state index contributed by atoms with van der Waals surface area (Å²) >= 11 is 0. The number of nitrogens with zero attached hydrogens (tertiary/aromatic N) is 1. The highest BCUT2D eigenvalue weighted by Crippen LogP contribution is 2.22. The minimum atomic E-state index is -4.14. The van der Waals surface area contributed by atoms with E-state index >= 15 is 0 Å². The number of aromatic nitrogens is 1. The molecule has 0 atom stereocenters. The van der Waals surface area contributed by atoms with Gasteiger partial charge in [-0.05, 0) is 18.6 Å². The van der Waals surface area contributed by atoms with Gasteiger partial charge in [-0.15, -0.1) is 0 Å². The summed E-state index contributed by atoms with van der Waals surface area (Å²) in [5, 5.41) is 0. The third kappa shape index (κ3) is 4.53. The third-order valence-corrected chi connectivity index (χ3v) is 1.64. The molecule has 0 aliphatic rings. The molecule has 0 saturated heterocycles. The zero-order chi connectivity index (χ0) is 11.3. The van der Waals surface area contributed by atoms with Crippen molar-refractivity contribution in [1.29, 1.82) is 0 Å². The number of pyridine rings is 1. The van der Waals surface area contributed by atoms with Gasteiger partial charge in [0.2, 0.25) is 5.88 Å². The highest BCUT2D eigenvalue weighted by Gasteiger charge is 2.26. The molecule has 0 aliphatic carbocycles. The molecule has 0 aliphatic heterocycles. The number of halogens is 3. The van der Waals surface area contributed by atoms with Gasteiger partial charge in [-0.3, -0.25) is 0 Å². The van der Waals surface area contributed by atoms with Crippen LogP contribution in [0, 0.1) is 0 Å². The molecule has 1 heterocycles. The van der Waals surface area contributed by atoms with Gasteiger partial charge in [0, 0.05) is 12.6 Å². The van der Waals surface area contributed by atoms with Gasteiger partial charge in [0.1, 0.15) is 0 Å². The van der Waals surface area contributed by atoms with Gasteiger partial charge in [0.25, 0.3) is 0 Å². The average Bonchev–Trinajstić information content (AvgIpc) is 2.13. The van der Waals surface area contributed by atoms with Crippen LogP contribution in [-0.2, 0) is 0 Å². The first kappa shape index (κ1) is 11.6. The summed E-state index contributed by atoms with van der Waals surface area (Å²) in [4.78, 5) is 3.78. The van der Waals surface area contributed by atoms with E-state index in [1.54, 1.807) is 12.1 Å². The van der Waals surface area contributed by atoms with Crippen LogP contribution in [0.1, 0.15) is 12.8 Å². The standard InChI is InChI=1S/C9H11F3N2O/c10-9(11,12)4-2-6-15-8-7(13)3-1-5-14-8/h1,3,5H,2,4,6,13H2. The molecule has 1 aromatic rings. The molecule has 0 spiro atoms. The molecule has 1 aromatic heterocycles. The molecule has 3 nitrogen and oxygen atoms in total. The van der Waals surface area contributed by atoms with Gasteiger partial charge in [-0.25, -0.2) is 4.98 Å². The summed E-state index contributed by atoms with van der Waals surface area (Å²) in [6, 6.07) is 3.20.